The number of carbonyl (C=O) groups excluding carboxylic acids is 1. The Kier molecular flexibility index (Phi) is 4.32. The molecule has 11 nitrogen and oxygen atoms in total. The molecule has 3 heterocycles. The molecule has 3 rings (SSSR count). The third-order valence-corrected chi connectivity index (χ3v) is 4.48. The van der Waals surface area contributed by atoms with Crippen LogP contribution in [0.15, 0.2) is 32.6 Å². The number of carbonyl (C=O) groups is 1. The smallest absolute Gasteiger partial charge is 0.524 e. The molecule has 0 aromatic rings. The molecule has 0 bridgehead atoms. The Labute approximate surface area is 146 Å². The lowest BCUT2D eigenvalue weighted by Crippen LogP contribution is -2.64. The molecule has 3 aliphatic rings. The van der Waals surface area contributed by atoms with Gasteiger partial charge in [-0.3, -0.25) is 20.3 Å². The first-order chi connectivity index (χ1) is 11.2. The summed E-state index contributed by atoms with van der Waals surface area (Å²) in [5, 5.41) is 4.17. The number of rotatable bonds is 2. The molecule has 3 atom stereocenters. The molecule has 24 heavy (non-hydrogen) atoms. The number of phosphoric acid groups is 1. The number of phosphoric ester groups is 1. The summed E-state index contributed by atoms with van der Waals surface area (Å²) < 4.78 is 20.5. The first-order valence-corrected chi connectivity index (χ1v) is 8.74. The predicted octanol–water partition coefficient (Wildman–Crippen LogP) is -2.22. The topological polar surface area (TPSA) is 168 Å². The van der Waals surface area contributed by atoms with E-state index in [-0.39, 0.29) is 27.9 Å². The highest BCUT2D eigenvalue weighted by atomic mass is 32.1. The van der Waals surface area contributed by atoms with Crippen molar-refractivity contribution in [3.63, 3.8) is 0 Å². The third kappa shape index (κ3) is 3.27. The standard InChI is InChI=1S/C10H12N5O6PS2/c11-10-14-7-4(8(16)15-10)12-3-6(24)5(23)2(21-9(3)13-7)1-20-22(17,18)19/h1,5,9-10,23-24H,11H2,(H,13,14)(H,15,16)(H2,17,18,19)/p-2/b2-1-/t5?,9-,10?/m1/s1. The third-order valence-electron chi connectivity index (χ3n) is 3.03. The van der Waals surface area contributed by atoms with Gasteiger partial charge in [-0.2, -0.15) is 4.91 Å². The van der Waals surface area contributed by atoms with Gasteiger partial charge in [0, 0.05) is 0 Å². The van der Waals surface area contributed by atoms with E-state index in [1.807, 2.05) is 0 Å². The second kappa shape index (κ2) is 6.02. The molecular weight excluding hydrogens is 381 g/mol. The molecule has 0 aromatic heterocycles. The number of ether oxygens (including phenoxy) is 1. The van der Waals surface area contributed by atoms with E-state index < -0.39 is 31.5 Å². The summed E-state index contributed by atoms with van der Waals surface area (Å²) in [7, 11) is -4.75. The fourth-order valence-corrected chi connectivity index (χ4v) is 2.78. The SMILES string of the molecule is NC1NC(=O)C2=NC3=C([S-])C([S-])/C(=C/OP(=O)(O)O)O[C@H]3N=C2N1. The molecule has 1 fully saturated rings. The van der Waals surface area contributed by atoms with Crippen LogP contribution in [0, 0.1) is 0 Å². The van der Waals surface area contributed by atoms with Gasteiger partial charge >= 0.3 is 7.82 Å². The van der Waals surface area contributed by atoms with E-state index in [2.05, 4.69) is 25.1 Å². The molecular formula is C10H10N5O6PS2-2. The van der Waals surface area contributed by atoms with Gasteiger partial charge in [0.05, 0.1) is 5.70 Å². The molecule has 2 unspecified atom stereocenters. The fourth-order valence-electron chi connectivity index (χ4n) is 2.05. The van der Waals surface area contributed by atoms with Crippen LogP contribution in [0.4, 0.5) is 0 Å². The average molecular weight is 391 g/mol. The van der Waals surface area contributed by atoms with Crippen molar-refractivity contribution in [2.45, 2.75) is 17.8 Å². The number of amidine groups is 1. The van der Waals surface area contributed by atoms with Crippen molar-refractivity contribution >= 4 is 50.5 Å². The summed E-state index contributed by atoms with van der Waals surface area (Å²) in [6.07, 6.45) is -1.17. The number of nitrogens with zero attached hydrogens (tertiary/aromatic N) is 2. The van der Waals surface area contributed by atoms with Gasteiger partial charge in [0.25, 0.3) is 5.91 Å². The van der Waals surface area contributed by atoms with E-state index in [0.29, 0.717) is 6.26 Å². The van der Waals surface area contributed by atoms with Gasteiger partial charge in [-0.15, -0.1) is 0 Å². The maximum absolute atomic E-state index is 11.9. The Bertz CT molecular complexity index is 774. The first kappa shape index (κ1) is 17.2. The van der Waals surface area contributed by atoms with E-state index >= 15 is 0 Å². The van der Waals surface area contributed by atoms with Crippen LogP contribution in [-0.4, -0.2) is 45.0 Å². The molecule has 0 spiro atoms. The minimum absolute atomic E-state index is 0.00463. The van der Waals surface area contributed by atoms with Crippen molar-refractivity contribution in [3.8, 4) is 0 Å². The van der Waals surface area contributed by atoms with E-state index in [1.165, 1.54) is 0 Å². The molecule has 0 aliphatic carbocycles. The van der Waals surface area contributed by atoms with Crippen LogP contribution in [0.3, 0.4) is 0 Å². The molecule has 1 saturated heterocycles. The zero-order valence-electron chi connectivity index (χ0n) is 11.6. The van der Waals surface area contributed by atoms with Crippen LogP contribution in [0.2, 0.25) is 0 Å². The predicted molar refractivity (Wildman–Crippen MR) is 85.8 cm³/mol. The lowest BCUT2D eigenvalue weighted by Gasteiger charge is -2.42. The van der Waals surface area contributed by atoms with E-state index in [9.17, 15) is 9.36 Å². The van der Waals surface area contributed by atoms with Gasteiger partial charge in [0.15, 0.2) is 17.8 Å². The molecule has 3 aliphatic heterocycles. The van der Waals surface area contributed by atoms with Gasteiger partial charge in [0.2, 0.25) is 6.23 Å². The monoisotopic (exact) mass is 391 g/mol. The highest BCUT2D eigenvalue weighted by molar-refractivity contribution is 7.67. The zero-order chi connectivity index (χ0) is 17.6. The minimum atomic E-state index is -4.75. The van der Waals surface area contributed by atoms with Gasteiger partial charge in [-0.1, -0.05) is 5.25 Å². The van der Waals surface area contributed by atoms with E-state index in [4.69, 9.17) is 45.5 Å². The first-order valence-electron chi connectivity index (χ1n) is 6.33. The summed E-state index contributed by atoms with van der Waals surface area (Å²) in [6.45, 7) is 0. The van der Waals surface area contributed by atoms with Crippen LogP contribution in [0.1, 0.15) is 0 Å². The summed E-state index contributed by atoms with van der Waals surface area (Å²) >= 11 is 10.3. The Balaban J connectivity index is 1.97. The molecule has 6 N–H and O–H groups in total. The summed E-state index contributed by atoms with van der Waals surface area (Å²) in [4.78, 5) is 37.8. The van der Waals surface area contributed by atoms with Crippen molar-refractivity contribution in [2.75, 3.05) is 0 Å². The summed E-state index contributed by atoms with van der Waals surface area (Å²) in [6, 6.07) is 0. The van der Waals surface area contributed by atoms with Crippen molar-refractivity contribution < 1.29 is 28.4 Å². The lowest BCUT2D eigenvalue weighted by molar-refractivity contribution is -0.115. The van der Waals surface area contributed by atoms with E-state index in [0.717, 1.165) is 0 Å². The number of hydrogen-bond donors (Lipinski definition) is 5. The normalized spacial score (nSPS) is 31.1. The zero-order valence-corrected chi connectivity index (χ0v) is 14.1. The molecule has 1 amide bonds. The highest BCUT2D eigenvalue weighted by Crippen LogP contribution is 2.39. The number of aliphatic imine (C=N–C) groups is 2. The Morgan fingerprint density at radius 2 is 2.12 bits per heavy atom. The molecule has 0 radical (unpaired) electrons. The van der Waals surface area contributed by atoms with Crippen LogP contribution >= 0.6 is 7.82 Å². The Morgan fingerprint density at radius 3 is 2.79 bits per heavy atom. The van der Waals surface area contributed by atoms with Crippen LogP contribution in [-0.2, 0) is 43.9 Å². The highest BCUT2D eigenvalue weighted by Gasteiger charge is 2.35. The second-order valence-corrected chi connectivity index (χ2v) is 6.85. The van der Waals surface area contributed by atoms with Crippen molar-refractivity contribution in [2.24, 2.45) is 15.7 Å². The lowest BCUT2D eigenvalue weighted by atomic mass is 10.1. The summed E-state index contributed by atoms with van der Waals surface area (Å²) in [5.41, 5.74) is 5.75. The minimum Gasteiger partial charge on any atom is -0.783 e. The van der Waals surface area contributed by atoms with Gasteiger partial charge in [-0.25, -0.2) is 14.5 Å². The van der Waals surface area contributed by atoms with Crippen molar-refractivity contribution in [1.29, 1.82) is 0 Å². The maximum atomic E-state index is 11.9. The van der Waals surface area contributed by atoms with Gasteiger partial charge in [-0.05, 0) is 0 Å². The quantitative estimate of drug-likeness (QED) is 0.198. The van der Waals surface area contributed by atoms with Crippen molar-refractivity contribution in [3.05, 3.63) is 22.6 Å². The van der Waals surface area contributed by atoms with Crippen LogP contribution in [0.5, 0.6) is 0 Å². The van der Waals surface area contributed by atoms with Gasteiger partial charge < -0.3 is 45.2 Å². The van der Waals surface area contributed by atoms with E-state index in [1.54, 1.807) is 0 Å². The average Bonchev–Trinajstić information content (AvgIpc) is 2.47. The number of fused-ring (bicyclic) bond motifs is 2. The number of nitrogens with one attached hydrogen (secondary N) is 2. The number of amides is 1. The number of nitrogens with two attached hydrogens (primary N) is 1. The Morgan fingerprint density at radius 1 is 1.42 bits per heavy atom. The van der Waals surface area contributed by atoms with Crippen LogP contribution in [0.25, 0.3) is 0 Å². The largest absolute Gasteiger partial charge is 0.783 e. The molecule has 130 valence electrons. The Hall–Kier alpha value is -1.63. The number of hydrogen-bond acceptors (Lipinski definition) is 10. The fraction of sp³-hybridized carbons (Fsp3) is 0.300. The second-order valence-electron chi connectivity index (χ2n) is 4.75. The summed E-state index contributed by atoms with van der Waals surface area (Å²) in [5.74, 6) is -0.513. The molecule has 0 saturated carbocycles. The maximum Gasteiger partial charge on any atom is 0.524 e. The molecule has 14 heteroatoms. The van der Waals surface area contributed by atoms with Crippen LogP contribution < -0.4 is 16.4 Å². The molecule has 0 aromatic carbocycles. The van der Waals surface area contributed by atoms with Crippen molar-refractivity contribution in [1.82, 2.24) is 10.6 Å². The van der Waals surface area contributed by atoms with Gasteiger partial charge in [0.1, 0.15) is 12.0 Å².